The van der Waals surface area contributed by atoms with Crippen LogP contribution in [0.5, 0.6) is 0 Å². The van der Waals surface area contributed by atoms with Crippen molar-refractivity contribution in [1.82, 2.24) is 0 Å². The standard InChI is InChI=1S/2C9H16N.C8H14N.3C2H6.3Y/c1-7(2)9-3-4-10-6-8(9)5-9;1-6(2)7-3-4-10-9-5-8(7)9;1-5(2)8-6-3-9-4-7(6)8;3*1-2;;;/h7-8H,3-6H2,1-2H3;6-9H,3-5H2,1-2H3;5-8H,3-4H2,1-2H3;3*1-2H3;;;/q3*-1;;;;;;. The van der Waals surface area contributed by atoms with Gasteiger partial charge in [0.25, 0.3) is 0 Å². The first kappa shape index (κ1) is 45.6. The van der Waals surface area contributed by atoms with E-state index < -0.39 is 0 Å². The van der Waals surface area contributed by atoms with E-state index in [2.05, 4.69) is 57.5 Å². The van der Waals surface area contributed by atoms with Gasteiger partial charge in [0.15, 0.2) is 0 Å². The van der Waals surface area contributed by atoms with Crippen LogP contribution in [-0.2, 0) is 98.1 Å². The topological polar surface area (TPSA) is 42.3 Å². The largest absolute Gasteiger partial charge is 0.662 e. The SMILES string of the molecule is CC.CC.CC.CC(C)C12CC[N-]CC1C2.CC(C)C1C2C[N-]CC21.CC(C)C1CC[N-]C2CC21.[Y].[Y].[Y]. The Morgan fingerprint density at radius 1 is 0.658 bits per heavy atom. The summed E-state index contributed by atoms with van der Waals surface area (Å²) in [6.45, 7) is 31.9. The average Bonchev–Trinajstić information content (AvgIpc) is 3.82. The van der Waals surface area contributed by atoms with Crippen LogP contribution in [0.1, 0.15) is 109 Å². The van der Waals surface area contributed by atoms with E-state index in [1.807, 2.05) is 41.5 Å². The molecule has 0 aromatic rings. The average molecular weight is 758 g/mol. The summed E-state index contributed by atoms with van der Waals surface area (Å²) in [4.78, 5) is 0. The van der Waals surface area contributed by atoms with Gasteiger partial charge in [0.2, 0.25) is 0 Å². The summed E-state index contributed by atoms with van der Waals surface area (Å²) in [5.74, 6) is 8.73. The molecule has 0 bridgehead atoms. The third-order valence-electron chi connectivity index (χ3n) is 9.40. The normalized spacial score (nSPS) is 35.6. The van der Waals surface area contributed by atoms with Crippen molar-refractivity contribution in [3.8, 4) is 0 Å². The fraction of sp³-hybridized carbons (Fsp3) is 1.00. The van der Waals surface area contributed by atoms with Gasteiger partial charge in [-0.15, -0.1) is 38.8 Å². The first-order valence-corrected chi connectivity index (χ1v) is 15.8. The molecular formula is C32H64N3Y3-3. The maximum atomic E-state index is 4.54. The fourth-order valence-corrected chi connectivity index (χ4v) is 7.13. The van der Waals surface area contributed by atoms with Gasteiger partial charge in [-0.3, -0.25) is 0 Å². The molecule has 6 heteroatoms. The maximum absolute atomic E-state index is 4.54. The van der Waals surface area contributed by atoms with Crippen LogP contribution in [0.15, 0.2) is 0 Å². The molecule has 0 aromatic heterocycles. The molecule has 3 aliphatic heterocycles. The molecule has 3 saturated heterocycles. The molecule has 6 fully saturated rings. The second kappa shape index (κ2) is 23.6. The van der Waals surface area contributed by atoms with E-state index in [0.717, 1.165) is 84.4 Å². The Morgan fingerprint density at radius 2 is 1.21 bits per heavy atom. The quantitative estimate of drug-likeness (QED) is 0.275. The van der Waals surface area contributed by atoms with Gasteiger partial charge in [0.05, 0.1) is 0 Å². The zero-order valence-electron chi connectivity index (χ0n) is 27.7. The van der Waals surface area contributed by atoms with Crippen molar-refractivity contribution < 1.29 is 98.1 Å². The van der Waals surface area contributed by atoms with Gasteiger partial charge in [0, 0.05) is 98.1 Å². The molecule has 6 rings (SSSR count). The number of fused-ring (bicyclic) bond motifs is 3. The van der Waals surface area contributed by atoms with Gasteiger partial charge in [-0.05, 0) is 41.4 Å². The molecule has 3 saturated carbocycles. The molecule has 7 unspecified atom stereocenters. The minimum atomic E-state index is 0. The van der Waals surface area contributed by atoms with Gasteiger partial charge in [0.1, 0.15) is 0 Å². The maximum Gasteiger partial charge on any atom is 0 e. The van der Waals surface area contributed by atoms with Crippen molar-refractivity contribution >= 4 is 0 Å². The van der Waals surface area contributed by atoms with Crippen molar-refractivity contribution in [2.45, 2.75) is 115 Å². The van der Waals surface area contributed by atoms with E-state index in [1.165, 1.54) is 38.8 Å². The molecule has 0 amide bonds. The Bertz CT molecular complexity index is 550. The van der Waals surface area contributed by atoms with Crippen LogP contribution in [0.4, 0.5) is 0 Å². The first-order valence-electron chi connectivity index (χ1n) is 15.8. The van der Waals surface area contributed by atoms with Crippen molar-refractivity contribution in [2.75, 3.05) is 32.7 Å². The Balaban J connectivity index is -0.000000425. The van der Waals surface area contributed by atoms with Gasteiger partial charge in [-0.25, -0.2) is 0 Å². The third kappa shape index (κ3) is 13.0. The molecule has 0 aromatic carbocycles. The summed E-state index contributed by atoms with van der Waals surface area (Å²) in [5.41, 5.74) is 0.752. The third-order valence-corrected chi connectivity index (χ3v) is 9.40. The summed E-state index contributed by atoms with van der Waals surface area (Å²) in [7, 11) is 0. The van der Waals surface area contributed by atoms with Gasteiger partial charge in [-0.2, -0.15) is 0 Å². The number of hydrogen-bond donors (Lipinski definition) is 0. The molecule has 38 heavy (non-hydrogen) atoms. The first-order chi connectivity index (χ1) is 16.8. The van der Waals surface area contributed by atoms with Crippen LogP contribution in [-0.4, -0.2) is 38.8 Å². The predicted molar refractivity (Wildman–Crippen MR) is 159 cm³/mol. The molecule has 3 nitrogen and oxygen atoms in total. The summed E-state index contributed by atoms with van der Waals surface area (Å²) in [5, 5.41) is 13.3. The van der Waals surface area contributed by atoms with Crippen LogP contribution in [0.2, 0.25) is 0 Å². The van der Waals surface area contributed by atoms with E-state index in [-0.39, 0.29) is 98.1 Å². The van der Waals surface area contributed by atoms with Crippen LogP contribution in [0.3, 0.4) is 0 Å². The molecular weight excluding hydrogens is 693 g/mol. The second-order valence-corrected chi connectivity index (χ2v) is 12.0. The van der Waals surface area contributed by atoms with Crippen molar-refractivity contribution in [3.63, 3.8) is 0 Å². The molecule has 7 atom stereocenters. The van der Waals surface area contributed by atoms with Crippen molar-refractivity contribution in [1.29, 1.82) is 0 Å². The van der Waals surface area contributed by atoms with E-state index in [0.29, 0.717) is 0 Å². The Labute approximate surface area is 316 Å². The summed E-state index contributed by atoms with van der Waals surface area (Å²) < 4.78 is 0. The fourth-order valence-electron chi connectivity index (χ4n) is 7.13. The second-order valence-electron chi connectivity index (χ2n) is 12.0. The van der Waals surface area contributed by atoms with Crippen LogP contribution >= 0.6 is 0 Å². The number of rotatable bonds is 3. The van der Waals surface area contributed by atoms with Crippen LogP contribution in [0.25, 0.3) is 16.0 Å². The van der Waals surface area contributed by atoms with Crippen LogP contribution < -0.4 is 0 Å². The molecule has 3 heterocycles. The molecule has 0 N–H and O–H groups in total. The van der Waals surface area contributed by atoms with E-state index in [4.69, 9.17) is 0 Å². The summed E-state index contributed by atoms with van der Waals surface area (Å²) >= 11 is 0. The van der Waals surface area contributed by atoms with Gasteiger partial charge in [-0.1, -0.05) is 126 Å². The van der Waals surface area contributed by atoms with Crippen LogP contribution in [0, 0.1) is 58.7 Å². The Morgan fingerprint density at radius 3 is 1.58 bits per heavy atom. The van der Waals surface area contributed by atoms with E-state index in [9.17, 15) is 0 Å². The molecule has 6 aliphatic rings. The smallest absolute Gasteiger partial charge is 0 e. The zero-order valence-corrected chi connectivity index (χ0v) is 36.2. The van der Waals surface area contributed by atoms with Crippen molar-refractivity contribution in [3.05, 3.63) is 16.0 Å². The predicted octanol–water partition coefficient (Wildman–Crippen LogP) is 9.81. The molecule has 3 aliphatic carbocycles. The number of hydrogen-bond acceptors (Lipinski definition) is 0. The number of piperidine rings is 3. The Hall–Kier alpha value is 3.19. The monoisotopic (exact) mass is 757 g/mol. The zero-order chi connectivity index (χ0) is 26.8. The minimum Gasteiger partial charge on any atom is -0.662 e. The van der Waals surface area contributed by atoms with E-state index in [1.54, 1.807) is 0 Å². The summed E-state index contributed by atoms with van der Waals surface area (Å²) in [6, 6.07) is 0.793. The Kier molecular flexibility index (Phi) is 28.3. The number of nitrogens with zero attached hydrogens (tertiary/aromatic N) is 3. The minimum absolute atomic E-state index is 0. The molecule has 3 radical (unpaired) electrons. The molecule has 219 valence electrons. The molecule has 0 spiro atoms. The summed E-state index contributed by atoms with van der Waals surface area (Å²) in [6.07, 6.45) is 5.60. The van der Waals surface area contributed by atoms with E-state index >= 15 is 0 Å². The van der Waals surface area contributed by atoms with Crippen molar-refractivity contribution in [2.24, 2.45) is 58.7 Å². The van der Waals surface area contributed by atoms with Gasteiger partial charge >= 0.3 is 0 Å². The van der Waals surface area contributed by atoms with Gasteiger partial charge < -0.3 is 16.0 Å².